The number of nitrogens with one attached hydrogen (secondary N) is 3. The second kappa shape index (κ2) is 18.5. The van der Waals surface area contributed by atoms with Gasteiger partial charge in [0.25, 0.3) is 0 Å². The van der Waals surface area contributed by atoms with Crippen LogP contribution in [0.5, 0.6) is 5.75 Å². The van der Waals surface area contributed by atoms with Gasteiger partial charge in [0, 0.05) is 43.0 Å². The molecule has 5 aliphatic heterocycles. The van der Waals surface area contributed by atoms with E-state index >= 15 is 0 Å². The van der Waals surface area contributed by atoms with Crippen molar-refractivity contribution in [3.8, 4) is 28.1 Å². The fourth-order valence-electron chi connectivity index (χ4n) is 10.9. The molecule has 3 aromatic carbocycles. The van der Waals surface area contributed by atoms with Gasteiger partial charge >= 0.3 is 12.2 Å². The lowest BCUT2D eigenvalue weighted by Crippen LogP contribution is -2.55. The van der Waals surface area contributed by atoms with Gasteiger partial charge in [-0.25, -0.2) is 14.6 Å². The third-order valence-electron chi connectivity index (χ3n) is 14.8. The van der Waals surface area contributed by atoms with Gasteiger partial charge in [0.05, 0.1) is 43.9 Å². The molecule has 0 bridgehead atoms. The molecule has 65 heavy (non-hydrogen) atoms. The molecule has 9 rings (SSSR count). The number of benzene rings is 3. The first-order valence-electron chi connectivity index (χ1n) is 23.4. The van der Waals surface area contributed by atoms with Crippen LogP contribution in [0, 0.1) is 11.8 Å². The fourth-order valence-corrected chi connectivity index (χ4v) is 10.9. The van der Waals surface area contributed by atoms with E-state index in [9.17, 15) is 19.2 Å². The average molecular weight is 888 g/mol. The number of likely N-dealkylation sites (tertiary alicyclic amines) is 2. The number of carbonyl (C=O) groups excluding carboxylic acids is 4. The van der Waals surface area contributed by atoms with Crippen LogP contribution in [-0.2, 0) is 36.8 Å². The maximum Gasteiger partial charge on any atom is 0.407 e. The number of aromatic amines is 1. The third-order valence-corrected chi connectivity index (χ3v) is 14.8. The molecule has 4 amide bonds. The minimum atomic E-state index is -0.710. The summed E-state index contributed by atoms with van der Waals surface area (Å²) in [5.74, 6) is 1.23. The quantitative estimate of drug-likeness (QED) is 0.134. The molecular formula is C50H61N7O8. The normalized spacial score (nSPS) is 22.8. The summed E-state index contributed by atoms with van der Waals surface area (Å²) in [5, 5.41) is 7.86. The zero-order chi connectivity index (χ0) is 45.5. The molecule has 0 spiro atoms. The number of hydrogen-bond acceptors (Lipinski definition) is 10. The number of H-pyrrole nitrogens is 1. The Balaban J connectivity index is 0.937. The Labute approximate surface area is 380 Å². The van der Waals surface area contributed by atoms with Gasteiger partial charge in [-0.05, 0) is 121 Å². The van der Waals surface area contributed by atoms with E-state index in [0.29, 0.717) is 39.1 Å². The van der Waals surface area contributed by atoms with Crippen LogP contribution in [0.3, 0.4) is 0 Å². The van der Waals surface area contributed by atoms with Gasteiger partial charge in [-0.15, -0.1) is 0 Å². The minimum absolute atomic E-state index is 0.0124. The molecule has 3 saturated heterocycles. The van der Waals surface area contributed by atoms with E-state index < -0.39 is 24.3 Å². The van der Waals surface area contributed by atoms with Crippen molar-refractivity contribution >= 4 is 46.2 Å². The highest BCUT2D eigenvalue weighted by Crippen LogP contribution is 2.45. The summed E-state index contributed by atoms with van der Waals surface area (Å²) in [4.78, 5) is 70.9. The van der Waals surface area contributed by atoms with Crippen LogP contribution in [0.1, 0.15) is 102 Å². The summed E-state index contributed by atoms with van der Waals surface area (Å²) in [6.07, 6.45) is 7.43. The molecule has 3 fully saturated rings. The summed E-state index contributed by atoms with van der Waals surface area (Å²) in [5.41, 5.74) is 8.03. The summed E-state index contributed by atoms with van der Waals surface area (Å²) in [6.45, 7) is 9.68. The molecule has 15 nitrogen and oxygen atoms in total. The van der Waals surface area contributed by atoms with Crippen molar-refractivity contribution < 1.29 is 38.1 Å². The van der Waals surface area contributed by atoms with Crippen LogP contribution in [0.25, 0.3) is 33.2 Å². The van der Waals surface area contributed by atoms with Crippen LogP contribution in [0.15, 0.2) is 53.7 Å². The molecule has 0 saturated carbocycles. The first kappa shape index (κ1) is 44.3. The molecule has 15 heteroatoms. The van der Waals surface area contributed by atoms with E-state index in [4.69, 9.17) is 28.9 Å². The maximum absolute atomic E-state index is 14.4. The lowest BCUT2D eigenvalue weighted by Gasteiger charge is -2.36. The number of aliphatic imine (C=N–C) groups is 1. The van der Waals surface area contributed by atoms with Crippen LogP contribution in [0.2, 0.25) is 0 Å². The van der Waals surface area contributed by atoms with Gasteiger partial charge in [0.1, 0.15) is 30.3 Å². The zero-order valence-corrected chi connectivity index (χ0v) is 38.3. The fraction of sp³-hybridized carbons (Fsp3) is 0.520. The average Bonchev–Trinajstić information content (AvgIpc) is 4.17. The zero-order valence-electron chi connectivity index (χ0n) is 38.3. The molecule has 1 aromatic heterocycles. The number of rotatable bonds is 11. The number of carbonyl (C=O) groups is 4. The molecule has 1 unspecified atom stereocenters. The first-order chi connectivity index (χ1) is 31.5. The molecule has 7 atom stereocenters. The van der Waals surface area contributed by atoms with Crippen molar-refractivity contribution in [2.45, 2.75) is 128 Å². The highest BCUT2D eigenvalue weighted by Gasteiger charge is 2.45. The van der Waals surface area contributed by atoms with Crippen molar-refractivity contribution in [1.82, 2.24) is 30.4 Å². The van der Waals surface area contributed by atoms with Crippen molar-refractivity contribution in [3.05, 3.63) is 65.6 Å². The number of aromatic nitrogens is 2. The number of imidazole rings is 1. The van der Waals surface area contributed by atoms with Gasteiger partial charge < -0.3 is 44.4 Å². The molecular weight excluding hydrogens is 827 g/mol. The monoisotopic (exact) mass is 887 g/mol. The van der Waals surface area contributed by atoms with Gasteiger partial charge in [-0.1, -0.05) is 45.4 Å². The van der Waals surface area contributed by atoms with Gasteiger partial charge in [0.2, 0.25) is 11.8 Å². The summed E-state index contributed by atoms with van der Waals surface area (Å²) < 4.78 is 21.9. The Morgan fingerprint density at radius 3 is 2.40 bits per heavy atom. The summed E-state index contributed by atoms with van der Waals surface area (Å²) in [7, 11) is 2.63. The lowest BCUT2D eigenvalue weighted by atomic mass is 9.90. The number of alkyl carbamates (subject to hydrolysis) is 2. The number of methoxy groups -OCH3 is 2. The van der Waals surface area contributed by atoms with Crippen LogP contribution >= 0.6 is 0 Å². The summed E-state index contributed by atoms with van der Waals surface area (Å²) >= 11 is 0. The molecule has 3 N–H and O–H groups in total. The second-order valence-electron chi connectivity index (χ2n) is 18.4. The lowest BCUT2D eigenvalue weighted by molar-refractivity contribution is -0.139. The standard InChI is InChI=1S/C50H61N7O8/c1-7-27(3)44(54-49(60)62-5)47(58)56-28(4)9-15-41(56)39-23-36-35-24-43-37(22-30(35)11-14-38(36)52-39)34-13-10-31(21-32(34)26-65-43)40-25-51-46(53-40)42-16-12-33(8-2)57(42)48(59)45(55-50(61)63-6)29-17-19-64-20-18-29/h10-11,13-14,21-22,24-25,27-29,33,41-42,44-45H,7-9,12,15-20,23,26H2,1-6H3,(H,51,53)(H,54,60)(H,55,61)/t27-,28-,33-,41-,42-,44-,45?/m0/s1. The first-order valence-corrected chi connectivity index (χ1v) is 23.4. The molecule has 4 aromatic rings. The van der Waals surface area contributed by atoms with E-state index in [-0.39, 0.29) is 47.8 Å². The van der Waals surface area contributed by atoms with Crippen LogP contribution in [0.4, 0.5) is 15.3 Å². The number of amides is 4. The van der Waals surface area contributed by atoms with E-state index in [1.807, 2.05) is 29.8 Å². The van der Waals surface area contributed by atoms with E-state index in [0.717, 1.165) is 106 Å². The Morgan fingerprint density at radius 2 is 1.65 bits per heavy atom. The SMILES string of the molecule is CC[C@H]1CC[C@@H](c2ncc(-c3ccc4c(c3)COc3cc5c6c(ccc5cc3-4)N=C([C@@H]3CC[C@H](C)N3C(=O)[C@@H](NC(=O)OC)[C@@H](C)CC)C6)[nH]2)N1C(=O)C(NC(=O)OC)C1CCOCC1. The molecule has 0 aliphatic carbocycles. The highest BCUT2D eigenvalue weighted by atomic mass is 16.5. The highest BCUT2D eigenvalue weighted by molar-refractivity contribution is 6.06. The van der Waals surface area contributed by atoms with E-state index in [2.05, 4.69) is 71.9 Å². The third kappa shape index (κ3) is 8.32. The van der Waals surface area contributed by atoms with Crippen LogP contribution in [-0.4, -0.2) is 107 Å². The number of ether oxygens (including phenoxy) is 4. The Kier molecular flexibility index (Phi) is 12.6. The van der Waals surface area contributed by atoms with E-state index in [1.165, 1.54) is 14.2 Å². The molecule has 5 aliphatic rings. The van der Waals surface area contributed by atoms with Crippen molar-refractivity contribution in [1.29, 1.82) is 0 Å². The predicted molar refractivity (Wildman–Crippen MR) is 246 cm³/mol. The number of hydrogen-bond donors (Lipinski definition) is 3. The molecule has 344 valence electrons. The number of fused-ring (bicyclic) bond motifs is 6. The minimum Gasteiger partial charge on any atom is -0.488 e. The largest absolute Gasteiger partial charge is 0.488 e. The second-order valence-corrected chi connectivity index (χ2v) is 18.4. The van der Waals surface area contributed by atoms with E-state index in [1.54, 1.807) is 0 Å². The maximum atomic E-state index is 14.4. The topological polar surface area (TPSA) is 177 Å². The van der Waals surface area contributed by atoms with Crippen molar-refractivity contribution in [3.63, 3.8) is 0 Å². The number of nitrogens with zero attached hydrogens (tertiary/aromatic N) is 4. The van der Waals surface area contributed by atoms with Crippen LogP contribution < -0.4 is 15.4 Å². The Morgan fingerprint density at radius 1 is 0.877 bits per heavy atom. The van der Waals surface area contributed by atoms with Gasteiger partial charge in [-0.3, -0.25) is 14.6 Å². The molecule has 6 heterocycles. The molecule has 0 radical (unpaired) electrons. The van der Waals surface area contributed by atoms with Crippen molar-refractivity contribution in [2.24, 2.45) is 16.8 Å². The van der Waals surface area contributed by atoms with Gasteiger partial charge in [0.15, 0.2) is 0 Å². The van der Waals surface area contributed by atoms with Crippen molar-refractivity contribution in [2.75, 3.05) is 27.4 Å². The summed E-state index contributed by atoms with van der Waals surface area (Å²) in [6, 6.07) is 13.2. The predicted octanol–water partition coefficient (Wildman–Crippen LogP) is 8.16. The Hall–Kier alpha value is -5.96. The smallest absolute Gasteiger partial charge is 0.407 e. The Bertz CT molecular complexity index is 2510. The van der Waals surface area contributed by atoms with Gasteiger partial charge in [-0.2, -0.15) is 0 Å².